The minimum Gasteiger partial charge on any atom is -0.462 e. The number of H-pyrrole nitrogens is 1. The van der Waals surface area contributed by atoms with Crippen molar-refractivity contribution in [2.75, 3.05) is 24.7 Å². The molecule has 7 nitrogen and oxygen atoms in total. The molecule has 0 spiro atoms. The van der Waals surface area contributed by atoms with Gasteiger partial charge in [0, 0.05) is 22.0 Å². The van der Waals surface area contributed by atoms with Crippen molar-refractivity contribution >= 4 is 40.9 Å². The molecule has 0 atom stereocenters. The number of ketones is 1. The average molecular weight is 479 g/mol. The summed E-state index contributed by atoms with van der Waals surface area (Å²) in [5.74, 6) is -1.34. The summed E-state index contributed by atoms with van der Waals surface area (Å²) >= 11 is 1.70. The summed E-state index contributed by atoms with van der Waals surface area (Å²) in [5, 5.41) is 0. The van der Waals surface area contributed by atoms with Crippen LogP contribution in [0.4, 0.5) is 11.4 Å². The highest BCUT2D eigenvalue weighted by Crippen LogP contribution is 2.47. The van der Waals surface area contributed by atoms with Gasteiger partial charge < -0.3 is 19.4 Å². The minimum atomic E-state index is -0.481. The molecule has 2 heterocycles. The molecule has 0 aliphatic carbocycles. The first-order valence-corrected chi connectivity index (χ1v) is 11.9. The summed E-state index contributed by atoms with van der Waals surface area (Å²) in [6.07, 6.45) is 0.122. The molecule has 1 aromatic heterocycles. The van der Waals surface area contributed by atoms with Crippen LogP contribution in [0.15, 0.2) is 58.3 Å². The topological polar surface area (TPSA) is 88.7 Å². The number of aryl methyl sites for hydroxylation is 1. The Labute approximate surface area is 202 Å². The van der Waals surface area contributed by atoms with Crippen LogP contribution in [0.5, 0.6) is 0 Å². The third kappa shape index (κ3) is 4.72. The number of carbonyl (C=O) groups is 3. The Hall–Kier alpha value is -3.52. The number of hydrogen-bond acceptors (Lipinski definition) is 7. The lowest BCUT2D eigenvalue weighted by Crippen LogP contribution is -2.25. The molecule has 0 fully saturated rings. The molecule has 3 aromatic rings. The summed E-state index contributed by atoms with van der Waals surface area (Å²) < 4.78 is 10.3. The Kier molecular flexibility index (Phi) is 7.07. The Balaban J connectivity index is 1.39. The predicted octanol–water partition coefficient (Wildman–Crippen LogP) is 5.23. The van der Waals surface area contributed by atoms with Gasteiger partial charge in [-0.2, -0.15) is 0 Å². The summed E-state index contributed by atoms with van der Waals surface area (Å²) in [6.45, 7) is 5.37. The third-order valence-electron chi connectivity index (χ3n) is 5.63. The van der Waals surface area contributed by atoms with Crippen LogP contribution in [0, 0.1) is 13.8 Å². The van der Waals surface area contributed by atoms with Crippen molar-refractivity contribution in [3.63, 3.8) is 0 Å². The number of para-hydroxylation sites is 2. The first kappa shape index (κ1) is 23.6. The maximum absolute atomic E-state index is 12.7. The van der Waals surface area contributed by atoms with Gasteiger partial charge in [0.1, 0.15) is 0 Å². The molecule has 0 saturated carbocycles. The normalized spacial score (nSPS) is 12.0. The number of nitrogens with one attached hydrogen (secondary N) is 1. The number of aromatic amines is 1. The number of Topliss-reactive ketones (excluding diaryl/α,β-unsaturated/α-hetero) is 1. The second-order valence-corrected chi connectivity index (χ2v) is 8.95. The quantitative estimate of drug-likeness (QED) is 0.350. The monoisotopic (exact) mass is 478 g/mol. The number of nitrogens with zero attached hydrogens (tertiary/aromatic N) is 1. The van der Waals surface area contributed by atoms with Crippen molar-refractivity contribution in [2.45, 2.75) is 37.0 Å². The van der Waals surface area contributed by atoms with Crippen molar-refractivity contribution in [1.29, 1.82) is 0 Å². The number of rotatable bonds is 8. The number of esters is 2. The molecule has 0 unspecified atom stereocenters. The van der Waals surface area contributed by atoms with Crippen LogP contribution in [-0.2, 0) is 14.3 Å². The van der Waals surface area contributed by atoms with Gasteiger partial charge in [0.25, 0.3) is 0 Å². The second kappa shape index (κ2) is 10.2. The first-order chi connectivity index (χ1) is 16.4. The largest absolute Gasteiger partial charge is 0.462 e. The SMILES string of the molecule is CCOC(=O)c1c(C)[nH]c(C(=O)COC(=O)CCN2c3ccccc3Sc3ccccc32)c1C. The van der Waals surface area contributed by atoms with Crippen molar-refractivity contribution < 1.29 is 23.9 Å². The minimum absolute atomic E-state index is 0.122. The van der Waals surface area contributed by atoms with E-state index in [1.54, 1.807) is 32.5 Å². The highest BCUT2D eigenvalue weighted by molar-refractivity contribution is 7.99. The van der Waals surface area contributed by atoms with Crippen LogP contribution in [0.25, 0.3) is 0 Å². The Morgan fingerprint density at radius 3 is 2.18 bits per heavy atom. The molecule has 2 aromatic carbocycles. The van der Waals surface area contributed by atoms with Crippen LogP contribution in [0.2, 0.25) is 0 Å². The highest BCUT2D eigenvalue weighted by Gasteiger charge is 2.25. The molecular formula is C26H26N2O5S. The number of fused-ring (bicyclic) bond motifs is 2. The lowest BCUT2D eigenvalue weighted by Gasteiger charge is -2.32. The molecule has 0 radical (unpaired) electrons. The lowest BCUT2D eigenvalue weighted by atomic mass is 10.1. The van der Waals surface area contributed by atoms with E-state index in [1.807, 2.05) is 36.4 Å². The lowest BCUT2D eigenvalue weighted by molar-refractivity contribution is -0.142. The fourth-order valence-corrected chi connectivity index (χ4v) is 5.15. The predicted molar refractivity (Wildman–Crippen MR) is 130 cm³/mol. The van der Waals surface area contributed by atoms with Crippen LogP contribution in [0.3, 0.4) is 0 Å². The summed E-state index contributed by atoms with van der Waals surface area (Å²) in [6, 6.07) is 16.1. The first-order valence-electron chi connectivity index (χ1n) is 11.1. The molecule has 0 saturated heterocycles. The summed E-state index contributed by atoms with van der Waals surface area (Å²) in [7, 11) is 0. The van der Waals surface area contributed by atoms with Gasteiger partial charge in [-0.3, -0.25) is 9.59 Å². The molecule has 1 aliphatic heterocycles. The molecular weight excluding hydrogens is 452 g/mol. The highest BCUT2D eigenvalue weighted by atomic mass is 32.2. The number of ether oxygens (including phenoxy) is 2. The van der Waals surface area contributed by atoms with Crippen molar-refractivity contribution in [1.82, 2.24) is 4.98 Å². The maximum atomic E-state index is 12.7. The zero-order valence-corrected chi connectivity index (χ0v) is 20.2. The fourth-order valence-electron chi connectivity index (χ4n) is 4.05. The zero-order chi connectivity index (χ0) is 24.2. The van der Waals surface area contributed by atoms with Gasteiger partial charge in [0.2, 0.25) is 5.78 Å². The summed E-state index contributed by atoms with van der Waals surface area (Å²) in [4.78, 5) is 44.6. The number of aromatic nitrogens is 1. The van der Waals surface area contributed by atoms with Gasteiger partial charge in [-0.15, -0.1) is 0 Å². The number of hydrogen-bond donors (Lipinski definition) is 1. The number of anilines is 2. The van der Waals surface area contributed by atoms with E-state index in [0.717, 1.165) is 21.2 Å². The van der Waals surface area contributed by atoms with Gasteiger partial charge in [0.05, 0.1) is 35.7 Å². The van der Waals surface area contributed by atoms with Crippen LogP contribution < -0.4 is 4.90 Å². The molecule has 0 bridgehead atoms. The zero-order valence-electron chi connectivity index (χ0n) is 19.3. The number of carbonyl (C=O) groups excluding carboxylic acids is 3. The van der Waals surface area contributed by atoms with E-state index in [0.29, 0.717) is 23.4 Å². The van der Waals surface area contributed by atoms with Gasteiger partial charge in [-0.1, -0.05) is 36.0 Å². The van der Waals surface area contributed by atoms with Gasteiger partial charge >= 0.3 is 11.9 Å². The van der Waals surface area contributed by atoms with E-state index in [4.69, 9.17) is 9.47 Å². The second-order valence-electron chi connectivity index (χ2n) is 7.87. The van der Waals surface area contributed by atoms with E-state index >= 15 is 0 Å². The maximum Gasteiger partial charge on any atom is 0.340 e. The smallest absolute Gasteiger partial charge is 0.340 e. The van der Waals surface area contributed by atoms with Crippen LogP contribution >= 0.6 is 11.8 Å². The number of benzene rings is 2. The molecule has 176 valence electrons. The third-order valence-corrected chi connectivity index (χ3v) is 6.76. The Bertz CT molecular complexity index is 1200. The van der Waals surface area contributed by atoms with Crippen molar-refractivity contribution in [2.24, 2.45) is 0 Å². The van der Waals surface area contributed by atoms with E-state index in [1.165, 1.54) is 0 Å². The van der Waals surface area contributed by atoms with E-state index in [2.05, 4.69) is 22.0 Å². The van der Waals surface area contributed by atoms with Crippen LogP contribution in [-0.4, -0.2) is 42.5 Å². The van der Waals surface area contributed by atoms with Gasteiger partial charge in [-0.25, -0.2) is 4.79 Å². The van der Waals surface area contributed by atoms with Gasteiger partial charge in [0.15, 0.2) is 6.61 Å². The molecule has 34 heavy (non-hydrogen) atoms. The standard InChI is InChI=1S/C26H26N2O5S/c1-4-32-26(31)24-16(2)25(27-17(24)3)20(29)15-33-23(30)13-14-28-18-9-5-7-11-21(18)34-22-12-8-6-10-19(22)28/h5-12,27H,4,13-15H2,1-3H3. The molecule has 1 aliphatic rings. The van der Waals surface area contributed by atoms with Crippen molar-refractivity contribution in [3.05, 3.63) is 71.0 Å². The summed E-state index contributed by atoms with van der Waals surface area (Å²) in [5.41, 5.74) is 3.72. The van der Waals surface area contributed by atoms with Crippen LogP contribution in [0.1, 0.15) is 45.4 Å². The van der Waals surface area contributed by atoms with E-state index in [9.17, 15) is 14.4 Å². The van der Waals surface area contributed by atoms with E-state index in [-0.39, 0.29) is 18.7 Å². The van der Waals surface area contributed by atoms with Gasteiger partial charge in [-0.05, 0) is 50.6 Å². The Morgan fingerprint density at radius 1 is 0.941 bits per heavy atom. The Morgan fingerprint density at radius 2 is 1.56 bits per heavy atom. The van der Waals surface area contributed by atoms with E-state index < -0.39 is 24.3 Å². The molecule has 0 amide bonds. The molecule has 4 rings (SSSR count). The molecule has 8 heteroatoms. The average Bonchev–Trinajstić information content (AvgIpc) is 3.14. The molecule has 1 N–H and O–H groups in total. The van der Waals surface area contributed by atoms with Crippen molar-refractivity contribution in [3.8, 4) is 0 Å². The fraction of sp³-hybridized carbons (Fsp3) is 0.269.